The van der Waals surface area contributed by atoms with Crippen LogP contribution in [0.4, 0.5) is 0 Å². The molecular formula is C11H20N2O2S. The topological polar surface area (TPSA) is 55.6 Å². The van der Waals surface area contributed by atoms with Crippen LogP contribution in [0.25, 0.3) is 0 Å². The lowest BCUT2D eigenvalue weighted by molar-refractivity contribution is -0.139. The van der Waals surface area contributed by atoms with Crippen molar-refractivity contribution in [2.75, 3.05) is 20.2 Å². The summed E-state index contributed by atoms with van der Waals surface area (Å²) in [4.78, 5) is 14.3. The van der Waals surface area contributed by atoms with Crippen LogP contribution >= 0.6 is 12.2 Å². The maximum absolute atomic E-state index is 12.2. The molecule has 1 fully saturated rings. The highest BCUT2D eigenvalue weighted by Gasteiger charge is 2.36. The van der Waals surface area contributed by atoms with E-state index in [4.69, 9.17) is 22.7 Å². The van der Waals surface area contributed by atoms with Gasteiger partial charge in [-0.3, -0.25) is 4.79 Å². The second-order valence-corrected chi connectivity index (χ2v) is 5.16. The monoisotopic (exact) mass is 244 g/mol. The minimum absolute atomic E-state index is 0.0227. The van der Waals surface area contributed by atoms with Crippen molar-refractivity contribution in [1.29, 1.82) is 0 Å². The normalized spacial score (nSPS) is 18.6. The Hall–Kier alpha value is -0.680. The minimum atomic E-state index is -0.741. The molecule has 0 saturated carbocycles. The molecular weight excluding hydrogens is 224 g/mol. The van der Waals surface area contributed by atoms with Crippen LogP contribution in [0, 0.1) is 5.41 Å². The third-order valence-corrected chi connectivity index (χ3v) is 3.72. The lowest BCUT2D eigenvalue weighted by atomic mass is 9.90. The fourth-order valence-corrected chi connectivity index (χ4v) is 1.88. The van der Waals surface area contributed by atoms with Gasteiger partial charge >= 0.3 is 0 Å². The summed E-state index contributed by atoms with van der Waals surface area (Å²) in [6, 6.07) is 0. The van der Waals surface area contributed by atoms with Crippen LogP contribution in [0.15, 0.2) is 0 Å². The molecule has 1 aliphatic rings. The number of methoxy groups -OCH3 is 1. The Kier molecular flexibility index (Phi) is 4.27. The van der Waals surface area contributed by atoms with E-state index in [0.717, 1.165) is 25.9 Å². The van der Waals surface area contributed by atoms with Gasteiger partial charge in [0.15, 0.2) is 0 Å². The smallest absolute Gasteiger partial charge is 0.235 e. The largest absolute Gasteiger partial charge is 0.392 e. The van der Waals surface area contributed by atoms with Gasteiger partial charge in [-0.1, -0.05) is 12.2 Å². The number of carbonyl (C=O) groups excluding carboxylic acids is 1. The predicted octanol–water partition coefficient (Wildman–Crippen LogP) is 0.936. The lowest BCUT2D eigenvalue weighted by Gasteiger charge is -2.36. The average molecular weight is 244 g/mol. The fourth-order valence-electron chi connectivity index (χ4n) is 1.80. The minimum Gasteiger partial charge on any atom is -0.392 e. The molecule has 0 spiro atoms. The van der Waals surface area contributed by atoms with E-state index < -0.39 is 5.41 Å². The molecule has 0 aromatic heterocycles. The SMILES string of the molecule is COC1CCN(C(=O)C(C)(C)C(N)=S)CC1. The summed E-state index contributed by atoms with van der Waals surface area (Å²) in [5.74, 6) is 0.0227. The van der Waals surface area contributed by atoms with Gasteiger partial charge in [0, 0.05) is 20.2 Å². The Morgan fingerprint density at radius 1 is 1.44 bits per heavy atom. The summed E-state index contributed by atoms with van der Waals surface area (Å²) >= 11 is 4.93. The number of hydrogen-bond donors (Lipinski definition) is 1. The molecule has 92 valence electrons. The standard InChI is InChI=1S/C11H20N2O2S/c1-11(2,9(12)16)10(14)13-6-4-8(15-3)5-7-13/h8H,4-7H2,1-3H3,(H2,12,16). The summed E-state index contributed by atoms with van der Waals surface area (Å²) in [5.41, 5.74) is 4.85. The summed E-state index contributed by atoms with van der Waals surface area (Å²) in [6.45, 7) is 5.01. The molecule has 1 rings (SSSR count). The maximum atomic E-state index is 12.2. The second-order valence-electron chi connectivity index (χ2n) is 4.72. The Balaban J connectivity index is 2.60. The first-order valence-electron chi connectivity index (χ1n) is 5.51. The van der Waals surface area contributed by atoms with Crippen LogP contribution in [0.3, 0.4) is 0 Å². The summed E-state index contributed by atoms with van der Waals surface area (Å²) in [6.07, 6.45) is 2.04. The third kappa shape index (κ3) is 2.71. The van der Waals surface area contributed by atoms with E-state index in [0.29, 0.717) is 0 Å². The molecule has 0 atom stereocenters. The molecule has 0 radical (unpaired) electrons. The van der Waals surface area contributed by atoms with Gasteiger partial charge in [0.25, 0.3) is 0 Å². The van der Waals surface area contributed by atoms with Gasteiger partial charge in [-0.15, -0.1) is 0 Å². The van der Waals surface area contributed by atoms with E-state index in [2.05, 4.69) is 0 Å². The van der Waals surface area contributed by atoms with Crippen LogP contribution < -0.4 is 5.73 Å². The number of nitrogens with two attached hydrogens (primary N) is 1. The van der Waals surface area contributed by atoms with E-state index in [-0.39, 0.29) is 17.0 Å². The fraction of sp³-hybridized carbons (Fsp3) is 0.818. The average Bonchev–Trinajstić information content (AvgIpc) is 2.28. The molecule has 1 saturated heterocycles. The number of likely N-dealkylation sites (tertiary alicyclic amines) is 1. The van der Waals surface area contributed by atoms with Gasteiger partial charge in [0.05, 0.1) is 16.5 Å². The first-order chi connectivity index (χ1) is 7.39. The predicted molar refractivity (Wildman–Crippen MR) is 67.2 cm³/mol. The van der Waals surface area contributed by atoms with Crippen molar-refractivity contribution < 1.29 is 9.53 Å². The van der Waals surface area contributed by atoms with Gasteiger partial charge in [0.1, 0.15) is 0 Å². The Bertz CT molecular complexity index is 284. The third-order valence-electron chi connectivity index (χ3n) is 3.21. The highest BCUT2D eigenvalue weighted by Crippen LogP contribution is 2.22. The van der Waals surface area contributed by atoms with Gasteiger partial charge < -0.3 is 15.4 Å². The molecule has 16 heavy (non-hydrogen) atoms. The quantitative estimate of drug-likeness (QED) is 0.751. The number of nitrogens with zero attached hydrogens (tertiary/aromatic N) is 1. The molecule has 0 aromatic rings. The van der Waals surface area contributed by atoms with Crippen LogP contribution in [0.5, 0.6) is 0 Å². The number of hydrogen-bond acceptors (Lipinski definition) is 3. The zero-order valence-corrected chi connectivity index (χ0v) is 11.0. The van der Waals surface area contributed by atoms with Crippen molar-refractivity contribution in [1.82, 2.24) is 4.90 Å². The molecule has 1 heterocycles. The number of piperidine rings is 1. The molecule has 0 aliphatic carbocycles. The molecule has 1 amide bonds. The summed E-state index contributed by atoms with van der Waals surface area (Å²) < 4.78 is 5.26. The van der Waals surface area contributed by atoms with Crippen molar-refractivity contribution in [3.63, 3.8) is 0 Å². The number of ether oxygens (including phenoxy) is 1. The Morgan fingerprint density at radius 3 is 2.31 bits per heavy atom. The maximum Gasteiger partial charge on any atom is 0.235 e. The van der Waals surface area contributed by atoms with E-state index in [1.54, 1.807) is 21.0 Å². The van der Waals surface area contributed by atoms with Gasteiger partial charge in [-0.25, -0.2) is 0 Å². The highest BCUT2D eigenvalue weighted by atomic mass is 32.1. The van der Waals surface area contributed by atoms with Crippen LogP contribution in [0.2, 0.25) is 0 Å². The first kappa shape index (κ1) is 13.4. The molecule has 0 unspecified atom stereocenters. The summed E-state index contributed by atoms with van der Waals surface area (Å²) in [5, 5.41) is 0. The molecule has 2 N–H and O–H groups in total. The first-order valence-corrected chi connectivity index (χ1v) is 5.92. The van der Waals surface area contributed by atoms with E-state index in [1.165, 1.54) is 0 Å². The van der Waals surface area contributed by atoms with Crippen LogP contribution in [-0.2, 0) is 9.53 Å². The zero-order valence-electron chi connectivity index (χ0n) is 10.2. The molecule has 4 nitrogen and oxygen atoms in total. The number of thiocarbonyl (C=S) groups is 1. The van der Waals surface area contributed by atoms with Crippen molar-refractivity contribution in [3.05, 3.63) is 0 Å². The van der Waals surface area contributed by atoms with Gasteiger partial charge in [-0.05, 0) is 26.7 Å². The lowest BCUT2D eigenvalue weighted by Crippen LogP contribution is -2.50. The second kappa shape index (κ2) is 5.10. The van der Waals surface area contributed by atoms with Crippen LogP contribution in [-0.4, -0.2) is 42.1 Å². The van der Waals surface area contributed by atoms with E-state index in [9.17, 15) is 4.79 Å². The number of carbonyl (C=O) groups is 1. The van der Waals surface area contributed by atoms with E-state index >= 15 is 0 Å². The van der Waals surface area contributed by atoms with E-state index in [1.807, 2.05) is 4.90 Å². The van der Waals surface area contributed by atoms with Gasteiger partial charge in [-0.2, -0.15) is 0 Å². The number of amides is 1. The van der Waals surface area contributed by atoms with Crippen molar-refractivity contribution in [3.8, 4) is 0 Å². The molecule has 0 bridgehead atoms. The molecule has 5 heteroatoms. The van der Waals surface area contributed by atoms with Gasteiger partial charge in [0.2, 0.25) is 5.91 Å². The number of rotatable bonds is 3. The summed E-state index contributed by atoms with van der Waals surface area (Å²) in [7, 11) is 1.71. The zero-order chi connectivity index (χ0) is 12.3. The Morgan fingerprint density at radius 2 is 1.94 bits per heavy atom. The molecule has 0 aromatic carbocycles. The highest BCUT2D eigenvalue weighted by molar-refractivity contribution is 7.80. The van der Waals surface area contributed by atoms with Crippen LogP contribution in [0.1, 0.15) is 26.7 Å². The Labute approximate surface area is 102 Å². The van der Waals surface area contributed by atoms with Crippen molar-refractivity contribution >= 4 is 23.1 Å². The van der Waals surface area contributed by atoms with Crippen molar-refractivity contribution in [2.45, 2.75) is 32.8 Å². The van der Waals surface area contributed by atoms with Crippen molar-refractivity contribution in [2.24, 2.45) is 11.1 Å². The molecule has 1 aliphatic heterocycles.